The zero-order valence-electron chi connectivity index (χ0n) is 20.0. The summed E-state index contributed by atoms with van der Waals surface area (Å²) in [7, 11) is 0. The van der Waals surface area contributed by atoms with Crippen LogP contribution in [0.4, 0.5) is 4.79 Å². The van der Waals surface area contributed by atoms with Crippen LogP contribution >= 0.6 is 0 Å². The third kappa shape index (κ3) is 4.57. The van der Waals surface area contributed by atoms with Gasteiger partial charge in [0.05, 0.1) is 29.5 Å². The molecule has 0 radical (unpaired) electrons. The van der Waals surface area contributed by atoms with Crippen molar-refractivity contribution >= 4 is 11.8 Å². The summed E-state index contributed by atoms with van der Waals surface area (Å²) in [6.45, 7) is 5.69. The Hall–Kier alpha value is -2.63. The highest BCUT2D eigenvalue weighted by atomic mass is 16.2. The lowest BCUT2D eigenvalue weighted by molar-refractivity contribution is 0.0907. The Morgan fingerprint density at radius 1 is 1.06 bits per heavy atom. The highest BCUT2D eigenvalue weighted by Crippen LogP contribution is 2.41. The number of aromatic nitrogens is 2. The second-order valence-corrected chi connectivity index (χ2v) is 10.9. The lowest BCUT2D eigenvalue weighted by atomic mass is 9.75. The number of hydrogen-bond donors (Lipinski definition) is 1. The monoisotopic (exact) mass is 448 g/mol. The summed E-state index contributed by atoms with van der Waals surface area (Å²) in [6, 6.07) is 10.5. The van der Waals surface area contributed by atoms with Gasteiger partial charge in [0, 0.05) is 19.0 Å². The summed E-state index contributed by atoms with van der Waals surface area (Å²) >= 11 is 0. The van der Waals surface area contributed by atoms with Crippen LogP contribution in [0.5, 0.6) is 0 Å². The van der Waals surface area contributed by atoms with E-state index in [1.165, 1.54) is 24.8 Å². The molecule has 2 fully saturated rings. The Morgan fingerprint density at radius 3 is 2.58 bits per heavy atom. The topological polar surface area (TPSA) is 67.2 Å². The number of likely N-dealkylation sites (tertiary alicyclic amines) is 1. The number of nitrogens with zero attached hydrogens (tertiary/aromatic N) is 3. The molecule has 1 N–H and O–H groups in total. The molecule has 2 aliphatic carbocycles. The highest BCUT2D eigenvalue weighted by Gasteiger charge is 2.41. The molecule has 1 saturated heterocycles. The molecule has 2 heterocycles. The summed E-state index contributed by atoms with van der Waals surface area (Å²) in [5, 5.41) is 8.32. The summed E-state index contributed by atoms with van der Waals surface area (Å²) in [4.78, 5) is 28.6. The Bertz CT molecular complexity index is 1020. The van der Waals surface area contributed by atoms with E-state index in [-0.39, 0.29) is 29.3 Å². The van der Waals surface area contributed by atoms with Gasteiger partial charge in [-0.2, -0.15) is 5.10 Å². The lowest BCUT2D eigenvalue weighted by Gasteiger charge is -2.31. The molecule has 2 aromatic rings. The van der Waals surface area contributed by atoms with E-state index in [0.29, 0.717) is 13.0 Å². The van der Waals surface area contributed by atoms with Crippen LogP contribution in [0.25, 0.3) is 0 Å². The first-order valence-electron chi connectivity index (χ1n) is 12.7. The van der Waals surface area contributed by atoms with Gasteiger partial charge in [0.25, 0.3) is 0 Å². The fourth-order valence-corrected chi connectivity index (χ4v) is 5.96. The van der Waals surface area contributed by atoms with Crippen molar-refractivity contribution in [2.24, 2.45) is 5.41 Å². The fraction of sp³-hybridized carbons (Fsp3) is 0.593. The van der Waals surface area contributed by atoms with Crippen molar-refractivity contribution in [2.75, 3.05) is 6.54 Å². The van der Waals surface area contributed by atoms with Crippen molar-refractivity contribution in [3.63, 3.8) is 0 Å². The Balaban J connectivity index is 1.46. The van der Waals surface area contributed by atoms with E-state index < -0.39 is 0 Å². The molecule has 1 saturated carbocycles. The van der Waals surface area contributed by atoms with Crippen molar-refractivity contribution in [1.29, 1.82) is 0 Å². The first kappa shape index (κ1) is 22.2. The smallest absolute Gasteiger partial charge is 0.318 e. The first-order chi connectivity index (χ1) is 15.9. The van der Waals surface area contributed by atoms with E-state index in [9.17, 15) is 9.59 Å². The number of carbonyl (C=O) groups excluding carboxylic acids is 2. The van der Waals surface area contributed by atoms with Gasteiger partial charge >= 0.3 is 6.03 Å². The van der Waals surface area contributed by atoms with Crippen molar-refractivity contribution in [2.45, 2.75) is 90.3 Å². The number of fused-ring (bicyclic) bond motifs is 1. The van der Waals surface area contributed by atoms with Gasteiger partial charge in [0.1, 0.15) is 0 Å². The summed E-state index contributed by atoms with van der Waals surface area (Å²) in [5.74, 6) is 0.176. The number of amides is 2. The van der Waals surface area contributed by atoms with Crippen molar-refractivity contribution in [3.8, 4) is 0 Å². The van der Waals surface area contributed by atoms with E-state index in [1.54, 1.807) is 0 Å². The number of carbonyl (C=O) groups is 2. The van der Waals surface area contributed by atoms with Gasteiger partial charge in [-0.1, -0.05) is 63.4 Å². The van der Waals surface area contributed by atoms with E-state index in [1.807, 2.05) is 27.8 Å². The molecule has 1 aliphatic heterocycles. The third-order valence-electron chi connectivity index (χ3n) is 7.59. The molecule has 1 aromatic heterocycles. The summed E-state index contributed by atoms with van der Waals surface area (Å²) in [6.07, 6.45) is 8.96. The Morgan fingerprint density at radius 2 is 1.82 bits per heavy atom. The third-order valence-corrected chi connectivity index (χ3v) is 7.59. The number of hydrogen-bond acceptors (Lipinski definition) is 3. The maximum absolute atomic E-state index is 13.4. The van der Waals surface area contributed by atoms with Crippen molar-refractivity contribution in [1.82, 2.24) is 20.0 Å². The molecule has 0 unspecified atom stereocenters. The van der Waals surface area contributed by atoms with Gasteiger partial charge in [0.15, 0.2) is 5.78 Å². The maximum atomic E-state index is 13.4. The molecule has 6 nitrogen and oxygen atoms in total. The number of rotatable bonds is 4. The predicted octanol–water partition coefficient (Wildman–Crippen LogP) is 5.27. The van der Waals surface area contributed by atoms with Crippen LogP contribution in [0.15, 0.2) is 30.3 Å². The lowest BCUT2D eigenvalue weighted by Crippen LogP contribution is -2.45. The first-order valence-corrected chi connectivity index (χ1v) is 12.7. The molecular formula is C27H36N4O2. The van der Waals surface area contributed by atoms with Gasteiger partial charge in [-0.05, 0) is 43.1 Å². The second kappa shape index (κ2) is 8.96. The molecule has 176 valence electrons. The van der Waals surface area contributed by atoms with Crippen LogP contribution in [0.2, 0.25) is 0 Å². The number of benzene rings is 1. The highest BCUT2D eigenvalue weighted by molar-refractivity contribution is 6.00. The largest absolute Gasteiger partial charge is 0.335 e. The fourth-order valence-electron chi connectivity index (χ4n) is 5.96. The molecule has 6 heteroatoms. The van der Waals surface area contributed by atoms with Gasteiger partial charge in [-0.15, -0.1) is 0 Å². The predicted molar refractivity (Wildman–Crippen MR) is 128 cm³/mol. The van der Waals surface area contributed by atoms with Crippen molar-refractivity contribution < 1.29 is 9.59 Å². The molecule has 5 rings (SSSR count). The molecule has 1 aromatic carbocycles. The van der Waals surface area contributed by atoms with Gasteiger partial charge < -0.3 is 10.2 Å². The second-order valence-electron chi connectivity index (χ2n) is 10.9. The number of urea groups is 1. The molecule has 2 amide bonds. The molecule has 3 aliphatic rings. The minimum atomic E-state index is -0.121. The van der Waals surface area contributed by atoms with E-state index >= 15 is 0 Å². The van der Waals surface area contributed by atoms with E-state index in [2.05, 4.69) is 31.3 Å². The number of nitrogens with one attached hydrogen (secondary N) is 1. The standard InChI is InChI=1S/C27H36N4O2/c1-27(2)16-22-24(23(32)17-27)25(29-31(22)18-19-10-5-3-6-11-19)21-14-9-15-30(21)26(33)28-20-12-7-4-8-13-20/h3,5-6,10-11,20-21H,4,7-9,12-18H2,1-2H3,(H,28,33)/t21-/m1/s1. The minimum Gasteiger partial charge on any atom is -0.335 e. The average Bonchev–Trinajstić information content (AvgIpc) is 3.40. The number of Topliss-reactive ketones (excluding diaryl/α,β-unsaturated/α-hetero) is 1. The molecule has 1 atom stereocenters. The zero-order chi connectivity index (χ0) is 23.0. The molecular weight excluding hydrogens is 412 g/mol. The van der Waals surface area contributed by atoms with Gasteiger partial charge in [-0.3, -0.25) is 9.48 Å². The summed E-state index contributed by atoms with van der Waals surface area (Å²) in [5.41, 5.74) is 3.73. The van der Waals surface area contributed by atoms with Gasteiger partial charge in [-0.25, -0.2) is 4.79 Å². The van der Waals surface area contributed by atoms with Crippen LogP contribution in [0.1, 0.15) is 98.6 Å². The molecule has 33 heavy (non-hydrogen) atoms. The average molecular weight is 449 g/mol. The summed E-state index contributed by atoms with van der Waals surface area (Å²) < 4.78 is 2.04. The quantitative estimate of drug-likeness (QED) is 0.693. The maximum Gasteiger partial charge on any atom is 0.318 e. The zero-order valence-corrected chi connectivity index (χ0v) is 20.0. The van der Waals surface area contributed by atoms with E-state index in [4.69, 9.17) is 5.10 Å². The van der Waals surface area contributed by atoms with Crippen LogP contribution in [0.3, 0.4) is 0 Å². The van der Waals surface area contributed by atoms with Crippen LogP contribution < -0.4 is 5.32 Å². The van der Waals surface area contributed by atoms with Crippen molar-refractivity contribution in [3.05, 3.63) is 52.8 Å². The minimum absolute atomic E-state index is 0.0133. The normalized spacial score (nSPS) is 22.9. The molecule has 0 bridgehead atoms. The number of ketones is 1. The molecule has 0 spiro atoms. The van der Waals surface area contributed by atoms with Crippen LogP contribution in [-0.2, 0) is 13.0 Å². The Kier molecular flexibility index (Phi) is 6.02. The van der Waals surface area contributed by atoms with E-state index in [0.717, 1.165) is 55.6 Å². The Labute approximate surface area is 196 Å². The SMILES string of the molecule is CC1(C)CC(=O)c2c([C@H]3CCCN3C(=O)NC3CCCCC3)nn(Cc3ccccc3)c2C1. The van der Waals surface area contributed by atoms with Crippen LogP contribution in [-0.4, -0.2) is 39.1 Å². The van der Waals surface area contributed by atoms with Gasteiger partial charge in [0.2, 0.25) is 0 Å². The van der Waals surface area contributed by atoms with Crippen LogP contribution in [0, 0.1) is 5.41 Å².